The Hall–Kier alpha value is -2.74. The number of nitrogens with one attached hydrogen (secondary N) is 1. The molecule has 170 valence electrons. The Labute approximate surface area is 185 Å². The molecule has 7 nitrogen and oxygen atoms in total. The molecule has 0 heterocycles. The zero-order chi connectivity index (χ0) is 23.2. The number of hydrogen-bond acceptors (Lipinski definition) is 5. The molecule has 0 fully saturated rings. The number of hydrogen-bond donors (Lipinski definition) is 1. The number of sulfonamides is 1. The number of aryl methyl sites for hydroxylation is 1. The molecule has 0 aliphatic heterocycles. The molecule has 0 saturated heterocycles. The van der Waals surface area contributed by atoms with E-state index in [1.54, 1.807) is 38.3 Å². The number of methoxy groups -OCH3 is 1. The smallest absolute Gasteiger partial charge is 0.244 e. The number of anilines is 1. The summed E-state index contributed by atoms with van der Waals surface area (Å²) in [6.45, 7) is 7.88. The molecule has 2 aromatic rings. The van der Waals surface area contributed by atoms with Gasteiger partial charge in [0.15, 0.2) is 0 Å². The lowest BCUT2D eigenvalue weighted by molar-refractivity contribution is -0.122. The van der Waals surface area contributed by atoms with Gasteiger partial charge in [0.1, 0.15) is 17.5 Å². The summed E-state index contributed by atoms with van der Waals surface area (Å²) in [5.41, 5.74) is 2.31. The third kappa shape index (κ3) is 6.13. The standard InChI is InChI=1S/C23H32N2O5S/c1-7-21(18-9-14-22(29-5)16(3)15-18)24-23(26)17(4)25(31(6,27)28)19-10-12-20(13-11-19)30-8-2/h9-15,17,21H,7-8H2,1-6H3,(H,24,26)/t17-,21+/m1/s1. The van der Waals surface area contributed by atoms with Crippen LogP contribution in [0.3, 0.4) is 0 Å². The zero-order valence-corrected chi connectivity index (χ0v) is 19.8. The molecule has 2 rings (SSSR count). The summed E-state index contributed by atoms with van der Waals surface area (Å²) in [6.07, 6.45) is 1.75. The van der Waals surface area contributed by atoms with Crippen molar-refractivity contribution in [2.24, 2.45) is 0 Å². The number of amides is 1. The van der Waals surface area contributed by atoms with E-state index in [-0.39, 0.29) is 11.9 Å². The Bertz CT molecular complexity index is 990. The van der Waals surface area contributed by atoms with E-state index in [2.05, 4.69) is 5.32 Å². The minimum atomic E-state index is -3.70. The topological polar surface area (TPSA) is 84.9 Å². The maximum atomic E-state index is 13.1. The lowest BCUT2D eigenvalue weighted by Gasteiger charge is -2.30. The Balaban J connectivity index is 2.26. The first-order valence-corrected chi connectivity index (χ1v) is 12.1. The second-order valence-electron chi connectivity index (χ2n) is 7.36. The van der Waals surface area contributed by atoms with Crippen LogP contribution in [0.1, 0.15) is 44.4 Å². The number of carbonyl (C=O) groups excluding carboxylic acids is 1. The second-order valence-corrected chi connectivity index (χ2v) is 9.22. The van der Waals surface area contributed by atoms with E-state index in [1.165, 1.54) is 0 Å². The number of ether oxygens (including phenoxy) is 2. The fraction of sp³-hybridized carbons (Fsp3) is 0.435. The minimum Gasteiger partial charge on any atom is -0.496 e. The van der Waals surface area contributed by atoms with Gasteiger partial charge in [0.2, 0.25) is 15.9 Å². The highest BCUT2D eigenvalue weighted by molar-refractivity contribution is 7.92. The van der Waals surface area contributed by atoms with Gasteiger partial charge < -0.3 is 14.8 Å². The fourth-order valence-electron chi connectivity index (χ4n) is 3.50. The minimum absolute atomic E-state index is 0.249. The summed E-state index contributed by atoms with van der Waals surface area (Å²) >= 11 is 0. The van der Waals surface area contributed by atoms with Crippen LogP contribution in [0.4, 0.5) is 5.69 Å². The van der Waals surface area contributed by atoms with Gasteiger partial charge in [-0.2, -0.15) is 0 Å². The molecule has 2 atom stereocenters. The van der Waals surface area contributed by atoms with E-state index in [4.69, 9.17) is 9.47 Å². The van der Waals surface area contributed by atoms with Gasteiger partial charge in [-0.1, -0.05) is 19.1 Å². The number of carbonyl (C=O) groups is 1. The third-order valence-corrected chi connectivity index (χ3v) is 6.28. The van der Waals surface area contributed by atoms with E-state index in [0.717, 1.165) is 27.4 Å². The summed E-state index contributed by atoms with van der Waals surface area (Å²) in [5, 5.41) is 2.99. The van der Waals surface area contributed by atoms with Crippen molar-refractivity contribution < 1.29 is 22.7 Å². The monoisotopic (exact) mass is 448 g/mol. The molecule has 0 spiro atoms. The molecule has 0 aliphatic carbocycles. The van der Waals surface area contributed by atoms with Crippen LogP contribution < -0.4 is 19.1 Å². The maximum absolute atomic E-state index is 13.1. The first-order chi connectivity index (χ1) is 14.6. The van der Waals surface area contributed by atoms with Crippen LogP contribution in [0.5, 0.6) is 11.5 Å². The molecule has 8 heteroatoms. The highest BCUT2D eigenvalue weighted by atomic mass is 32.2. The summed E-state index contributed by atoms with van der Waals surface area (Å²) in [6, 6.07) is 11.2. The quantitative estimate of drug-likeness (QED) is 0.597. The number of nitrogens with zero attached hydrogens (tertiary/aromatic N) is 1. The van der Waals surface area contributed by atoms with Gasteiger partial charge in [-0.05, 0) is 68.7 Å². The van der Waals surface area contributed by atoms with Crippen LogP contribution in [0.15, 0.2) is 42.5 Å². The van der Waals surface area contributed by atoms with Crippen molar-refractivity contribution in [1.29, 1.82) is 0 Å². The van der Waals surface area contributed by atoms with Crippen LogP contribution in [0.2, 0.25) is 0 Å². The van der Waals surface area contributed by atoms with E-state index in [0.29, 0.717) is 24.5 Å². The fourth-order valence-corrected chi connectivity index (χ4v) is 4.67. The summed E-state index contributed by atoms with van der Waals surface area (Å²) in [7, 11) is -2.08. The molecular formula is C23H32N2O5S. The van der Waals surface area contributed by atoms with E-state index < -0.39 is 16.1 Å². The van der Waals surface area contributed by atoms with Crippen LogP contribution >= 0.6 is 0 Å². The molecule has 31 heavy (non-hydrogen) atoms. The summed E-state index contributed by atoms with van der Waals surface area (Å²) in [5.74, 6) is 1.04. The van der Waals surface area contributed by atoms with Crippen LogP contribution in [-0.2, 0) is 14.8 Å². The Morgan fingerprint density at radius 3 is 2.26 bits per heavy atom. The predicted octanol–water partition coefficient (Wildman–Crippen LogP) is 3.82. The van der Waals surface area contributed by atoms with Gasteiger partial charge in [-0.25, -0.2) is 8.42 Å². The van der Waals surface area contributed by atoms with Gasteiger partial charge >= 0.3 is 0 Å². The average Bonchev–Trinajstić information content (AvgIpc) is 2.72. The number of rotatable bonds is 10. The molecule has 0 unspecified atom stereocenters. The lowest BCUT2D eigenvalue weighted by Crippen LogP contribution is -2.48. The Morgan fingerprint density at radius 1 is 1.13 bits per heavy atom. The van der Waals surface area contributed by atoms with Crippen molar-refractivity contribution in [3.8, 4) is 11.5 Å². The molecule has 1 N–H and O–H groups in total. The molecule has 2 aromatic carbocycles. The first kappa shape index (κ1) is 24.5. The van der Waals surface area contributed by atoms with Crippen LogP contribution in [-0.4, -0.2) is 40.3 Å². The van der Waals surface area contributed by atoms with E-state index in [1.807, 2.05) is 39.0 Å². The van der Waals surface area contributed by atoms with Crippen molar-refractivity contribution in [2.45, 2.75) is 46.2 Å². The molecule has 0 aromatic heterocycles. The largest absolute Gasteiger partial charge is 0.496 e. The molecule has 1 amide bonds. The lowest BCUT2D eigenvalue weighted by atomic mass is 10.0. The van der Waals surface area contributed by atoms with Crippen molar-refractivity contribution in [2.75, 3.05) is 24.3 Å². The molecular weight excluding hydrogens is 416 g/mol. The van der Waals surface area contributed by atoms with E-state index >= 15 is 0 Å². The highest BCUT2D eigenvalue weighted by Gasteiger charge is 2.30. The Kier molecular flexibility index (Phi) is 8.33. The first-order valence-electron chi connectivity index (χ1n) is 10.3. The molecule has 0 bridgehead atoms. The Morgan fingerprint density at radius 2 is 1.77 bits per heavy atom. The van der Waals surface area contributed by atoms with Gasteiger partial charge in [-0.3, -0.25) is 9.10 Å². The zero-order valence-electron chi connectivity index (χ0n) is 19.0. The van der Waals surface area contributed by atoms with Gasteiger partial charge in [0.05, 0.1) is 31.7 Å². The highest BCUT2D eigenvalue weighted by Crippen LogP contribution is 2.26. The van der Waals surface area contributed by atoms with Crippen molar-refractivity contribution >= 4 is 21.6 Å². The average molecular weight is 449 g/mol. The van der Waals surface area contributed by atoms with Crippen LogP contribution in [0, 0.1) is 6.92 Å². The SMILES string of the molecule is CCOc1ccc(N([C@H](C)C(=O)N[C@@H](CC)c2ccc(OC)c(C)c2)S(C)(=O)=O)cc1. The predicted molar refractivity (Wildman–Crippen MR) is 123 cm³/mol. The normalized spacial score (nSPS) is 13.2. The molecule has 0 radical (unpaired) electrons. The third-order valence-electron chi connectivity index (χ3n) is 5.04. The van der Waals surface area contributed by atoms with Crippen molar-refractivity contribution in [3.05, 3.63) is 53.6 Å². The second kappa shape index (κ2) is 10.5. The summed E-state index contributed by atoms with van der Waals surface area (Å²) in [4.78, 5) is 13.1. The molecule has 0 aliphatic rings. The van der Waals surface area contributed by atoms with Crippen molar-refractivity contribution in [3.63, 3.8) is 0 Å². The van der Waals surface area contributed by atoms with Crippen molar-refractivity contribution in [1.82, 2.24) is 5.32 Å². The van der Waals surface area contributed by atoms with Crippen LogP contribution in [0.25, 0.3) is 0 Å². The van der Waals surface area contributed by atoms with Gasteiger partial charge in [-0.15, -0.1) is 0 Å². The van der Waals surface area contributed by atoms with E-state index in [9.17, 15) is 13.2 Å². The van der Waals surface area contributed by atoms with Gasteiger partial charge in [0, 0.05) is 0 Å². The summed E-state index contributed by atoms with van der Waals surface area (Å²) < 4.78 is 36.9. The maximum Gasteiger partial charge on any atom is 0.244 e. The molecule has 0 saturated carbocycles. The van der Waals surface area contributed by atoms with Gasteiger partial charge in [0.25, 0.3) is 0 Å². The number of benzene rings is 2.